The summed E-state index contributed by atoms with van der Waals surface area (Å²) in [7, 11) is -4.87. The van der Waals surface area contributed by atoms with Crippen molar-refractivity contribution in [2.24, 2.45) is 0 Å². The fourth-order valence-electron chi connectivity index (χ4n) is 8.30. The average molecular weight is 2020 g/mol. The average Bonchev–Trinajstić information content (AvgIpc) is 0.846. The minimum absolute atomic E-state index is 0. The number of carbonyl (C=O) groups is 12. The zero-order valence-electron chi connectivity index (χ0n) is 87.9. The van der Waals surface area contributed by atoms with Gasteiger partial charge in [0.15, 0.2) is 41.6 Å². The van der Waals surface area contributed by atoms with Crippen LogP contribution < -0.4 is 29.6 Å². The van der Waals surface area contributed by atoms with Crippen LogP contribution in [0.2, 0.25) is 90.7 Å². The van der Waals surface area contributed by atoms with Gasteiger partial charge in [-0.3, -0.25) is 52.8 Å². The fourth-order valence-corrected chi connectivity index (χ4v) is 15.1. The van der Waals surface area contributed by atoms with Gasteiger partial charge in [-0.25, -0.2) is 14.7 Å². The molecule has 0 aliphatic rings. The standard InChI is InChI=1S/C17H35NO5Si.C16H32O5Si.C16H32O4Si.C15H30O5Si.C12H24O5Si.C10H18O5.CH3I.CH4.Na.H2O/c1-16(2,3)22-15(20)12-13(11-14(19)18(7)21-8)23-24(9,10)17(4,5)6;1-15(2,3)20-14(18)11-12(10-13(17)19-7)21-22(8,9)16(4,5)6;1-12(17)10-13(11-14(18)19-15(2,3)4)20-21(8,9)16(5,6)7;1-14(2,3)19-13(18)10-11(9-12(16)17)20-21(7,8)15(4,5)6;1-12(2,3)18(5,6)17-9(7-10(13)14)8-11(15)16-4;1-9(2,3)14-7(11)13-8(12)15-10(4,5)6;1-2;;;/h13H,11-12H2,1-10H3;12H,10-11H2,1-9H3;13H,10-11H2,1-9H3;11H,9-10H2,1-8H3,(H,16,17);9H,7-8H2,1-6H3,(H,13,14);1-6H3;1H3;1H4;;1H2/q;;;;;;;;+1;/p-1/t13-;12-;13-;11-;9-;;;;;/m00001...../s1/i;;;;;;1D;;;. The molecule has 0 fully saturated rings. The number of methoxy groups -OCH3 is 2. The van der Waals surface area contributed by atoms with E-state index in [1.54, 1.807) is 69.4 Å². The number of amides is 1. The number of nitrogens with zero attached hydrogens (tertiary/aromatic N) is 1. The molecule has 0 saturated heterocycles. The SMILES string of the molecule is C.CC(=O)C[C@@H](CC(=O)OC(C)(C)C)O[Si](C)(C)C(C)(C)C.CC(C)(C)OC(=O)C[C@H](CC(=O)O)O[Si](C)(C)C(C)(C)C.CC(C)(C)OC(=O)OC(=O)OC(C)(C)C.COC(=O)C[C@@H](CC(=O)O)O[Si](C)(C)C(C)(C)C.COC(=O)C[C@@H](CC(=O)OC(C)(C)C)O[Si](C)(C)C(C)(C)C.CON(C)C(=O)C[C@@H](CC(=O)OC(C)(C)C)O[Si](C)(C)C(C)(C)C.[2H]CI.[Na+].[OH-]. The van der Waals surface area contributed by atoms with Gasteiger partial charge < -0.3 is 80.5 Å². The van der Waals surface area contributed by atoms with Crippen LogP contribution in [0.15, 0.2) is 0 Å². The summed E-state index contributed by atoms with van der Waals surface area (Å²) in [5, 5.41) is 19.0. The number of carboxylic acid groups (broad SMARTS) is 2. The number of hydrogen-bond donors (Lipinski definition) is 2. The number of rotatable bonds is 31. The first-order chi connectivity index (χ1) is 54.4. The van der Waals surface area contributed by atoms with Gasteiger partial charge in [0, 0.05) is 14.8 Å². The molecule has 0 aromatic heterocycles. The molecular weight excluding hydrogens is 1840 g/mol. The second-order valence-corrected chi connectivity index (χ2v) is 67.4. The molecule has 0 aromatic carbocycles. The predicted octanol–water partition coefficient (Wildman–Crippen LogP) is 18.7. The number of halogens is 1. The Hall–Kier alpha value is -3.83. The smallest absolute Gasteiger partial charge is 0.870 e. The molecule has 0 saturated carbocycles. The molecule has 0 rings (SSSR count). The monoisotopic (exact) mass is 2020 g/mol. The van der Waals surface area contributed by atoms with Gasteiger partial charge in [-0.05, 0) is 227 Å². The number of aliphatic carboxylic acids is 2. The Morgan fingerprint density at radius 2 is 0.492 bits per heavy atom. The molecule has 0 aromatic rings. The number of ketones is 1. The van der Waals surface area contributed by atoms with Crippen LogP contribution in [0.4, 0.5) is 9.59 Å². The van der Waals surface area contributed by atoms with Crippen LogP contribution in [-0.2, 0) is 118 Å². The third kappa shape index (κ3) is 75.7. The summed E-state index contributed by atoms with van der Waals surface area (Å²) in [6, 6.07) is 0. The molecule has 0 heterocycles. The summed E-state index contributed by atoms with van der Waals surface area (Å²) in [5.74, 6) is -4.43. The van der Waals surface area contributed by atoms with Crippen LogP contribution >= 0.6 is 22.6 Å². The third-order valence-electron chi connectivity index (χ3n) is 19.1. The number of carboxylic acids is 2. The first kappa shape index (κ1) is 140. The summed E-state index contributed by atoms with van der Waals surface area (Å²) < 4.78 is 81.3. The van der Waals surface area contributed by atoms with Gasteiger partial charge >= 0.3 is 89.6 Å². The van der Waals surface area contributed by atoms with E-state index in [9.17, 15) is 57.5 Å². The summed E-state index contributed by atoms with van der Waals surface area (Å²) >= 11 is 1.96. The second-order valence-electron chi connectivity index (χ2n) is 43.6. The first-order valence-electron chi connectivity index (χ1n) is 42.3. The Morgan fingerprint density at radius 3 is 0.643 bits per heavy atom. The molecule has 0 spiro atoms. The molecule has 0 aliphatic heterocycles. The number of carbonyl (C=O) groups excluding carboxylic acids is 10. The number of hydroxylamine groups is 2. The van der Waals surface area contributed by atoms with E-state index >= 15 is 0 Å². The summed E-state index contributed by atoms with van der Waals surface area (Å²) in [4.78, 5) is 144. The van der Waals surface area contributed by atoms with Crippen molar-refractivity contribution in [1.82, 2.24) is 5.06 Å². The van der Waals surface area contributed by atoms with E-state index in [0.29, 0.717) is 4.91 Å². The maximum absolute atomic E-state index is 12.2. The molecule has 31 nitrogen and oxygen atoms in total. The number of ether oxygens (including phenoxy) is 9. The van der Waals surface area contributed by atoms with Gasteiger partial charge in [-0.2, -0.15) is 0 Å². The predicted molar refractivity (Wildman–Crippen MR) is 512 cm³/mol. The molecule has 1 amide bonds. The minimum Gasteiger partial charge on any atom is -0.870 e. The molecule has 38 heteroatoms. The Labute approximate surface area is 804 Å². The zero-order valence-corrected chi connectivity index (χ0v) is 96.0. The van der Waals surface area contributed by atoms with Gasteiger partial charge in [-0.1, -0.05) is 134 Å². The Morgan fingerprint density at radius 1 is 0.325 bits per heavy atom. The molecule has 0 aliphatic carbocycles. The summed E-state index contributed by atoms with van der Waals surface area (Å²) in [6.45, 7) is 85.6. The topological polar surface area (TPSA) is 417 Å². The maximum Gasteiger partial charge on any atom is 1.00 e. The minimum atomic E-state index is -2.13. The molecule has 5 atom stereocenters. The number of esters is 6. The second kappa shape index (κ2) is 59.7. The summed E-state index contributed by atoms with van der Waals surface area (Å²) in [6.07, 6.45) is -4.59. The van der Waals surface area contributed by atoms with E-state index < -0.39 is 142 Å². The molecule has 0 radical (unpaired) electrons. The van der Waals surface area contributed by atoms with Gasteiger partial charge in [0.25, 0.3) is 0 Å². The number of Topliss-reactive ketones (excluding diaryl/α,β-unsaturated/α-hetero) is 1. The molecule has 0 unspecified atom stereocenters. The summed E-state index contributed by atoms with van der Waals surface area (Å²) in [5.41, 5.74) is -3.61. The Kier molecular flexibility index (Phi) is 66.4. The van der Waals surface area contributed by atoms with E-state index in [1.807, 2.05) is 111 Å². The number of alkyl halides is 1. The van der Waals surface area contributed by atoms with E-state index in [0.717, 1.165) is 5.06 Å². The van der Waals surface area contributed by atoms with Crippen LogP contribution in [0.5, 0.6) is 0 Å². The van der Waals surface area contributed by atoms with E-state index in [-0.39, 0.29) is 167 Å². The van der Waals surface area contributed by atoms with Crippen molar-refractivity contribution in [2.45, 2.75) is 462 Å². The van der Waals surface area contributed by atoms with Crippen molar-refractivity contribution in [3.05, 3.63) is 0 Å². The normalized spacial score (nSPS) is 13.7. The van der Waals surface area contributed by atoms with Crippen molar-refractivity contribution in [2.75, 3.05) is 33.3 Å². The quantitative estimate of drug-likeness (QED) is 0.0124. The largest absolute Gasteiger partial charge is 1.00 e. The van der Waals surface area contributed by atoms with Crippen molar-refractivity contribution < 1.29 is 174 Å². The zero-order chi connectivity index (χ0) is 101. The van der Waals surface area contributed by atoms with Crippen LogP contribution in [0.3, 0.4) is 0 Å². The van der Waals surface area contributed by atoms with Gasteiger partial charge in [0.2, 0.25) is 5.91 Å². The van der Waals surface area contributed by atoms with Crippen molar-refractivity contribution in [3.63, 3.8) is 0 Å². The van der Waals surface area contributed by atoms with E-state index in [1.165, 1.54) is 28.3 Å². The van der Waals surface area contributed by atoms with Crippen LogP contribution in [-0.4, -0.2) is 232 Å². The number of hydrogen-bond acceptors (Lipinski definition) is 28. The van der Waals surface area contributed by atoms with Gasteiger partial charge in [0.05, 0.1) is 110 Å². The maximum atomic E-state index is 12.2. The van der Waals surface area contributed by atoms with Gasteiger partial charge in [-0.15, -0.1) is 0 Å². The van der Waals surface area contributed by atoms with Crippen molar-refractivity contribution >= 4 is 136 Å². The van der Waals surface area contributed by atoms with Crippen molar-refractivity contribution in [3.8, 4) is 0 Å². The molecule has 0 bridgehead atoms. The third-order valence-corrected chi connectivity index (χ3v) is 41.8. The molecule has 3 N–H and O–H groups in total. The van der Waals surface area contributed by atoms with Gasteiger partial charge in [0.1, 0.15) is 39.4 Å². The molecule has 744 valence electrons. The van der Waals surface area contributed by atoms with Crippen LogP contribution in [0.1, 0.15) is 308 Å². The van der Waals surface area contributed by atoms with Crippen LogP contribution in [0, 0.1) is 0 Å². The van der Waals surface area contributed by atoms with E-state index in [4.69, 9.17) is 71.7 Å². The van der Waals surface area contributed by atoms with Crippen LogP contribution in [0.25, 0.3) is 0 Å². The fraction of sp³-hybridized carbons (Fsp3) is 0.864. The van der Waals surface area contributed by atoms with Crippen molar-refractivity contribution in [1.29, 1.82) is 0 Å². The Bertz CT molecular complexity index is 3160. The first-order valence-corrected chi connectivity index (χ1v) is 57.6. The molecular formula is C88H179INNaO30Si5. The molecule has 126 heavy (non-hydrogen) atoms. The van der Waals surface area contributed by atoms with E-state index in [2.05, 4.69) is 153 Å². The Balaban J connectivity index is -0.000000161.